The second kappa shape index (κ2) is 9.29. The van der Waals surface area contributed by atoms with E-state index in [1.54, 1.807) is 33.8 Å². The SMILES string of the molecule is CCOC(=O)/C=C/CC(C)(C)OC(C)(C(=O)OC)C(=O)OCC. The summed E-state index contributed by atoms with van der Waals surface area (Å²) in [6.45, 7) is 8.40. The summed E-state index contributed by atoms with van der Waals surface area (Å²) < 4.78 is 20.0. The monoisotopic (exact) mass is 330 g/mol. The van der Waals surface area contributed by atoms with Crippen molar-refractivity contribution in [2.24, 2.45) is 0 Å². The molecule has 0 spiro atoms. The Balaban J connectivity index is 5.06. The van der Waals surface area contributed by atoms with E-state index in [1.807, 2.05) is 0 Å². The predicted molar refractivity (Wildman–Crippen MR) is 82.6 cm³/mol. The van der Waals surface area contributed by atoms with Crippen molar-refractivity contribution in [3.63, 3.8) is 0 Å². The quantitative estimate of drug-likeness (QED) is 0.275. The zero-order valence-corrected chi connectivity index (χ0v) is 14.6. The standard InChI is InChI=1S/C16H26O7/c1-7-21-12(17)10-9-11-15(3,4)23-16(5,13(18)20-6)14(19)22-8-2/h9-10H,7-8,11H2,1-6H3/b10-9+. The summed E-state index contributed by atoms with van der Waals surface area (Å²) in [5.74, 6) is -2.14. The summed E-state index contributed by atoms with van der Waals surface area (Å²) in [6, 6.07) is 0. The van der Waals surface area contributed by atoms with Crippen LogP contribution in [0.4, 0.5) is 0 Å². The molecule has 1 unspecified atom stereocenters. The van der Waals surface area contributed by atoms with E-state index in [4.69, 9.17) is 14.2 Å². The minimum Gasteiger partial charge on any atom is -0.466 e. The minimum atomic E-state index is -1.88. The third kappa shape index (κ3) is 6.81. The normalized spacial score (nSPS) is 14.2. The molecule has 0 aromatic carbocycles. The van der Waals surface area contributed by atoms with Crippen LogP contribution in [0.1, 0.15) is 41.0 Å². The summed E-state index contributed by atoms with van der Waals surface area (Å²) in [5, 5.41) is 0. The van der Waals surface area contributed by atoms with E-state index in [0.717, 1.165) is 7.11 Å². The van der Waals surface area contributed by atoms with Crippen molar-refractivity contribution in [2.75, 3.05) is 20.3 Å². The van der Waals surface area contributed by atoms with Crippen LogP contribution in [0.3, 0.4) is 0 Å². The van der Waals surface area contributed by atoms with Crippen molar-refractivity contribution in [3.05, 3.63) is 12.2 Å². The third-order valence-electron chi connectivity index (χ3n) is 2.87. The molecule has 0 bridgehead atoms. The van der Waals surface area contributed by atoms with Gasteiger partial charge in [0, 0.05) is 6.08 Å². The lowest BCUT2D eigenvalue weighted by atomic mass is 10.0. The first-order chi connectivity index (χ1) is 10.6. The maximum atomic E-state index is 12.1. The Hall–Kier alpha value is -1.89. The minimum absolute atomic E-state index is 0.109. The van der Waals surface area contributed by atoms with Gasteiger partial charge >= 0.3 is 17.9 Å². The molecule has 1 atom stereocenters. The predicted octanol–water partition coefficient (Wildman–Crippen LogP) is 1.79. The highest BCUT2D eigenvalue weighted by molar-refractivity contribution is 6.03. The zero-order chi connectivity index (χ0) is 18.1. The van der Waals surface area contributed by atoms with Gasteiger partial charge in [-0.1, -0.05) is 6.08 Å². The first kappa shape index (κ1) is 21.1. The highest BCUT2D eigenvalue weighted by Crippen LogP contribution is 2.26. The average Bonchev–Trinajstić information content (AvgIpc) is 2.45. The lowest BCUT2D eigenvalue weighted by Gasteiger charge is -2.34. The topological polar surface area (TPSA) is 88.1 Å². The van der Waals surface area contributed by atoms with Gasteiger partial charge in [-0.25, -0.2) is 14.4 Å². The fourth-order valence-corrected chi connectivity index (χ4v) is 1.85. The molecule has 0 radical (unpaired) electrons. The van der Waals surface area contributed by atoms with Crippen molar-refractivity contribution in [3.8, 4) is 0 Å². The van der Waals surface area contributed by atoms with Crippen molar-refractivity contribution >= 4 is 17.9 Å². The van der Waals surface area contributed by atoms with Gasteiger partial charge in [0.25, 0.3) is 5.60 Å². The first-order valence-electron chi connectivity index (χ1n) is 7.42. The second-order valence-electron chi connectivity index (χ2n) is 5.47. The van der Waals surface area contributed by atoms with Crippen LogP contribution >= 0.6 is 0 Å². The van der Waals surface area contributed by atoms with Gasteiger partial charge in [-0.2, -0.15) is 0 Å². The van der Waals surface area contributed by atoms with Gasteiger partial charge in [-0.05, 0) is 41.0 Å². The smallest absolute Gasteiger partial charge is 0.350 e. The lowest BCUT2D eigenvalue weighted by molar-refractivity contribution is -0.203. The van der Waals surface area contributed by atoms with Crippen LogP contribution in [0.5, 0.6) is 0 Å². The van der Waals surface area contributed by atoms with Crippen LogP contribution < -0.4 is 0 Å². The molecule has 0 aromatic rings. The number of carbonyl (C=O) groups excluding carboxylic acids is 3. The van der Waals surface area contributed by atoms with E-state index in [9.17, 15) is 14.4 Å². The maximum absolute atomic E-state index is 12.1. The van der Waals surface area contributed by atoms with E-state index in [0.29, 0.717) is 0 Å². The molecule has 0 amide bonds. The lowest BCUT2D eigenvalue weighted by Crippen LogP contribution is -2.52. The first-order valence-corrected chi connectivity index (χ1v) is 7.42. The Labute approximate surface area is 136 Å². The van der Waals surface area contributed by atoms with E-state index in [-0.39, 0.29) is 19.6 Å². The Morgan fingerprint density at radius 3 is 2.00 bits per heavy atom. The van der Waals surface area contributed by atoms with Crippen LogP contribution in [0.2, 0.25) is 0 Å². The summed E-state index contributed by atoms with van der Waals surface area (Å²) in [4.78, 5) is 35.3. The van der Waals surface area contributed by atoms with Crippen molar-refractivity contribution in [1.82, 2.24) is 0 Å². The van der Waals surface area contributed by atoms with E-state index in [2.05, 4.69) is 4.74 Å². The number of methoxy groups -OCH3 is 1. The van der Waals surface area contributed by atoms with Crippen LogP contribution in [-0.2, 0) is 33.3 Å². The van der Waals surface area contributed by atoms with Gasteiger partial charge in [0.15, 0.2) is 0 Å². The van der Waals surface area contributed by atoms with Gasteiger partial charge in [-0.3, -0.25) is 0 Å². The summed E-state index contributed by atoms with van der Waals surface area (Å²) >= 11 is 0. The zero-order valence-electron chi connectivity index (χ0n) is 14.6. The number of rotatable bonds is 9. The van der Waals surface area contributed by atoms with Crippen LogP contribution in [-0.4, -0.2) is 49.4 Å². The number of carbonyl (C=O) groups is 3. The van der Waals surface area contributed by atoms with Gasteiger partial charge < -0.3 is 18.9 Å². The van der Waals surface area contributed by atoms with Crippen molar-refractivity contribution in [1.29, 1.82) is 0 Å². The molecule has 0 saturated carbocycles. The van der Waals surface area contributed by atoms with E-state index >= 15 is 0 Å². The molecule has 0 aromatic heterocycles. The molecule has 0 fully saturated rings. The number of hydrogen-bond donors (Lipinski definition) is 0. The van der Waals surface area contributed by atoms with Crippen LogP contribution in [0.15, 0.2) is 12.2 Å². The molecule has 0 N–H and O–H groups in total. The molecule has 132 valence electrons. The summed E-state index contributed by atoms with van der Waals surface area (Å²) in [7, 11) is 1.16. The summed E-state index contributed by atoms with van der Waals surface area (Å²) in [5.41, 5.74) is -2.80. The maximum Gasteiger partial charge on any atom is 0.350 e. The molecule has 0 heterocycles. The van der Waals surface area contributed by atoms with E-state index in [1.165, 1.54) is 13.0 Å². The van der Waals surface area contributed by atoms with Crippen LogP contribution in [0.25, 0.3) is 0 Å². The van der Waals surface area contributed by atoms with Gasteiger partial charge in [0.2, 0.25) is 0 Å². The average molecular weight is 330 g/mol. The van der Waals surface area contributed by atoms with Gasteiger partial charge in [-0.15, -0.1) is 0 Å². The molecule has 0 aliphatic rings. The molecular formula is C16H26O7. The summed E-state index contributed by atoms with van der Waals surface area (Å²) in [6.07, 6.45) is 3.10. The fourth-order valence-electron chi connectivity index (χ4n) is 1.85. The highest BCUT2D eigenvalue weighted by Gasteiger charge is 2.48. The Kier molecular flexibility index (Phi) is 8.53. The molecule has 0 saturated heterocycles. The Morgan fingerprint density at radius 1 is 0.957 bits per heavy atom. The largest absolute Gasteiger partial charge is 0.466 e. The molecule has 7 heteroatoms. The van der Waals surface area contributed by atoms with E-state index < -0.39 is 29.1 Å². The molecule has 0 aliphatic carbocycles. The van der Waals surface area contributed by atoms with Crippen LogP contribution in [0, 0.1) is 0 Å². The molecule has 23 heavy (non-hydrogen) atoms. The van der Waals surface area contributed by atoms with Gasteiger partial charge in [0.1, 0.15) is 0 Å². The molecule has 0 rings (SSSR count). The highest BCUT2D eigenvalue weighted by atomic mass is 16.6. The molecule has 0 aliphatic heterocycles. The second-order valence-corrected chi connectivity index (χ2v) is 5.47. The fraction of sp³-hybridized carbons (Fsp3) is 0.688. The molecule has 7 nitrogen and oxygen atoms in total. The van der Waals surface area contributed by atoms with Gasteiger partial charge in [0.05, 0.1) is 25.9 Å². The number of esters is 3. The number of ether oxygens (including phenoxy) is 4. The Bertz CT molecular complexity index is 453. The van der Waals surface area contributed by atoms with Crippen molar-refractivity contribution in [2.45, 2.75) is 52.2 Å². The third-order valence-corrected chi connectivity index (χ3v) is 2.87. The Morgan fingerprint density at radius 2 is 1.52 bits per heavy atom. The van der Waals surface area contributed by atoms with Crippen molar-refractivity contribution < 1.29 is 33.3 Å². The number of hydrogen-bond acceptors (Lipinski definition) is 7. The molecular weight excluding hydrogens is 304 g/mol.